The summed E-state index contributed by atoms with van der Waals surface area (Å²) < 4.78 is 17.2. The summed E-state index contributed by atoms with van der Waals surface area (Å²) in [6.07, 6.45) is 0. The van der Waals surface area contributed by atoms with Crippen molar-refractivity contribution in [2.75, 3.05) is 26.9 Å². The number of fused-ring (bicyclic) bond motifs is 3. The van der Waals surface area contributed by atoms with Crippen molar-refractivity contribution in [1.82, 2.24) is 4.98 Å². The molecule has 1 aliphatic heterocycles. The van der Waals surface area contributed by atoms with Gasteiger partial charge in [0.25, 0.3) is 0 Å². The number of methoxy groups -OCH3 is 1. The molecular formula is C16H16BrNO4S. The van der Waals surface area contributed by atoms with Gasteiger partial charge in [0, 0.05) is 22.0 Å². The lowest BCUT2D eigenvalue weighted by atomic mass is 10.0. The monoisotopic (exact) mass is 397 g/mol. The summed E-state index contributed by atoms with van der Waals surface area (Å²) in [5.41, 5.74) is 1.65. The Kier molecular flexibility index (Phi) is 4.99. The molecule has 23 heavy (non-hydrogen) atoms. The average molecular weight is 398 g/mol. The fourth-order valence-corrected chi connectivity index (χ4v) is 3.89. The van der Waals surface area contributed by atoms with Gasteiger partial charge in [-0.1, -0.05) is 15.9 Å². The maximum absolute atomic E-state index is 12.0. The van der Waals surface area contributed by atoms with Crippen molar-refractivity contribution in [1.29, 1.82) is 0 Å². The first-order valence-corrected chi connectivity index (χ1v) is 8.84. The van der Waals surface area contributed by atoms with Gasteiger partial charge in [0.2, 0.25) is 5.01 Å². The van der Waals surface area contributed by atoms with E-state index in [-0.39, 0.29) is 11.9 Å². The van der Waals surface area contributed by atoms with E-state index < -0.39 is 0 Å². The fraction of sp³-hybridized carbons (Fsp3) is 0.375. The molecule has 0 radical (unpaired) electrons. The highest BCUT2D eigenvalue weighted by Gasteiger charge is 2.29. The molecule has 1 aromatic heterocycles. The molecule has 1 atom stereocenters. The van der Waals surface area contributed by atoms with Crippen molar-refractivity contribution in [3.05, 3.63) is 32.6 Å². The van der Waals surface area contributed by atoms with Gasteiger partial charge in [-0.15, -0.1) is 11.3 Å². The lowest BCUT2D eigenvalue weighted by molar-refractivity contribution is 0.0526. The van der Waals surface area contributed by atoms with Gasteiger partial charge in [0.1, 0.15) is 5.75 Å². The van der Waals surface area contributed by atoms with Crippen LogP contribution < -0.4 is 4.74 Å². The van der Waals surface area contributed by atoms with E-state index in [1.165, 1.54) is 11.3 Å². The third-order valence-electron chi connectivity index (χ3n) is 3.48. The Morgan fingerprint density at radius 2 is 2.35 bits per heavy atom. The van der Waals surface area contributed by atoms with Crippen molar-refractivity contribution < 1.29 is 19.0 Å². The Bertz CT molecular complexity index is 731. The lowest BCUT2D eigenvalue weighted by Crippen LogP contribution is -2.13. The summed E-state index contributed by atoms with van der Waals surface area (Å²) in [7, 11) is 1.65. The molecule has 1 unspecified atom stereocenters. The number of hydrogen-bond donors (Lipinski definition) is 0. The van der Waals surface area contributed by atoms with Crippen LogP contribution in [0.4, 0.5) is 0 Å². The first-order valence-electron chi connectivity index (χ1n) is 7.23. The van der Waals surface area contributed by atoms with Crippen LogP contribution in [0.15, 0.2) is 22.7 Å². The van der Waals surface area contributed by atoms with Crippen LogP contribution >= 0.6 is 27.3 Å². The van der Waals surface area contributed by atoms with Crippen LogP contribution in [0.2, 0.25) is 0 Å². The van der Waals surface area contributed by atoms with Crippen LogP contribution in [-0.4, -0.2) is 37.9 Å². The van der Waals surface area contributed by atoms with Crippen molar-refractivity contribution in [3.63, 3.8) is 0 Å². The van der Waals surface area contributed by atoms with Gasteiger partial charge in [-0.2, -0.15) is 0 Å². The quantitative estimate of drug-likeness (QED) is 0.732. The standard InChI is InChI=1S/C16H16BrNO4S/c1-3-21-16(19)15-18-13-11-6-10(17)4-5-12(11)22-8-9(7-20-2)14(13)23-15/h4-6,9H,3,7-8H2,1-2H3. The fourth-order valence-electron chi connectivity index (χ4n) is 2.49. The molecule has 2 aromatic rings. The van der Waals surface area contributed by atoms with Gasteiger partial charge >= 0.3 is 5.97 Å². The molecule has 0 spiro atoms. The van der Waals surface area contributed by atoms with Gasteiger partial charge in [-0.3, -0.25) is 0 Å². The molecule has 0 bridgehead atoms. The molecule has 1 aliphatic rings. The third-order valence-corrected chi connectivity index (χ3v) is 5.17. The van der Waals surface area contributed by atoms with Gasteiger partial charge in [0.15, 0.2) is 0 Å². The van der Waals surface area contributed by atoms with Crippen molar-refractivity contribution >= 4 is 33.2 Å². The molecule has 0 aliphatic carbocycles. The molecule has 0 amide bonds. The third kappa shape index (κ3) is 3.27. The predicted molar refractivity (Wildman–Crippen MR) is 91.3 cm³/mol. The Hall–Kier alpha value is -1.44. The summed E-state index contributed by atoms with van der Waals surface area (Å²) in [4.78, 5) is 17.6. The Balaban J connectivity index is 2.12. The van der Waals surface area contributed by atoms with E-state index in [0.29, 0.717) is 24.8 Å². The normalized spacial score (nSPS) is 16.0. The second-order valence-electron chi connectivity index (χ2n) is 5.06. The average Bonchev–Trinajstić information content (AvgIpc) is 2.92. The highest BCUT2D eigenvalue weighted by molar-refractivity contribution is 9.10. The summed E-state index contributed by atoms with van der Waals surface area (Å²) in [6.45, 7) is 3.10. The zero-order chi connectivity index (χ0) is 16.4. The summed E-state index contributed by atoms with van der Waals surface area (Å²) in [5.74, 6) is 0.398. The minimum atomic E-state index is -0.390. The molecule has 0 saturated carbocycles. The van der Waals surface area contributed by atoms with Crippen LogP contribution in [0.3, 0.4) is 0 Å². The Morgan fingerprint density at radius 1 is 1.52 bits per heavy atom. The zero-order valence-electron chi connectivity index (χ0n) is 12.8. The number of carbonyl (C=O) groups is 1. The zero-order valence-corrected chi connectivity index (χ0v) is 15.2. The number of rotatable bonds is 4. The first-order chi connectivity index (χ1) is 11.1. The first kappa shape index (κ1) is 16.4. The van der Waals surface area contributed by atoms with E-state index in [9.17, 15) is 4.79 Å². The second kappa shape index (κ2) is 6.98. The second-order valence-corrected chi connectivity index (χ2v) is 7.00. The van der Waals surface area contributed by atoms with Crippen molar-refractivity contribution in [3.8, 4) is 17.0 Å². The molecule has 0 fully saturated rings. The van der Waals surface area contributed by atoms with E-state index in [2.05, 4.69) is 20.9 Å². The highest BCUT2D eigenvalue weighted by Crippen LogP contribution is 2.42. The maximum atomic E-state index is 12.0. The molecule has 2 heterocycles. The number of hydrogen-bond acceptors (Lipinski definition) is 6. The Morgan fingerprint density at radius 3 is 3.09 bits per heavy atom. The van der Waals surface area contributed by atoms with E-state index >= 15 is 0 Å². The predicted octanol–water partition coefficient (Wildman–Crippen LogP) is 3.87. The maximum Gasteiger partial charge on any atom is 0.367 e. The van der Waals surface area contributed by atoms with Crippen LogP contribution in [0, 0.1) is 0 Å². The van der Waals surface area contributed by atoms with E-state index in [1.54, 1.807) is 14.0 Å². The van der Waals surface area contributed by atoms with Gasteiger partial charge in [-0.05, 0) is 25.1 Å². The van der Waals surface area contributed by atoms with Crippen LogP contribution in [0.1, 0.15) is 27.5 Å². The number of halogens is 1. The number of carbonyl (C=O) groups excluding carboxylic acids is 1. The lowest BCUT2D eigenvalue weighted by Gasteiger charge is -2.12. The van der Waals surface area contributed by atoms with Crippen molar-refractivity contribution in [2.24, 2.45) is 0 Å². The van der Waals surface area contributed by atoms with E-state index in [1.807, 2.05) is 18.2 Å². The van der Waals surface area contributed by atoms with Crippen molar-refractivity contribution in [2.45, 2.75) is 12.8 Å². The molecule has 122 valence electrons. The number of aromatic nitrogens is 1. The van der Waals surface area contributed by atoms with Gasteiger partial charge < -0.3 is 14.2 Å². The highest BCUT2D eigenvalue weighted by atomic mass is 79.9. The number of nitrogens with zero attached hydrogens (tertiary/aromatic N) is 1. The van der Waals surface area contributed by atoms with Crippen LogP contribution in [0.5, 0.6) is 5.75 Å². The molecule has 5 nitrogen and oxygen atoms in total. The molecule has 0 N–H and O–H groups in total. The van der Waals surface area contributed by atoms with Crippen LogP contribution in [0.25, 0.3) is 11.3 Å². The van der Waals surface area contributed by atoms with Crippen LogP contribution in [-0.2, 0) is 9.47 Å². The number of thiazole rings is 1. The summed E-state index contributed by atoms with van der Waals surface area (Å²) in [5, 5.41) is 0.366. The smallest absolute Gasteiger partial charge is 0.367 e. The minimum absolute atomic E-state index is 0.0295. The minimum Gasteiger partial charge on any atom is -0.492 e. The topological polar surface area (TPSA) is 57.7 Å². The molecule has 7 heteroatoms. The SMILES string of the molecule is CCOC(=O)c1nc2c(s1)C(COC)COc1ccc(Br)cc1-2. The molecule has 1 aromatic carbocycles. The number of ether oxygens (including phenoxy) is 3. The number of esters is 1. The largest absolute Gasteiger partial charge is 0.492 e. The van der Waals surface area contributed by atoms with E-state index in [4.69, 9.17) is 14.2 Å². The van der Waals surface area contributed by atoms with E-state index in [0.717, 1.165) is 26.4 Å². The summed E-state index contributed by atoms with van der Waals surface area (Å²) in [6, 6.07) is 5.79. The molecule has 3 rings (SSSR count). The molecule has 0 saturated heterocycles. The van der Waals surface area contributed by atoms with Gasteiger partial charge in [0.05, 0.1) is 31.4 Å². The summed E-state index contributed by atoms with van der Waals surface area (Å²) >= 11 is 4.83. The Labute approximate surface area is 146 Å². The van der Waals surface area contributed by atoms with Gasteiger partial charge in [-0.25, -0.2) is 9.78 Å². The number of benzene rings is 1. The molecular weight excluding hydrogens is 382 g/mol.